The Bertz CT molecular complexity index is 280. The highest BCUT2D eigenvalue weighted by atomic mass is 15.4. The van der Waals surface area contributed by atoms with E-state index in [2.05, 4.69) is 17.2 Å². The van der Waals surface area contributed by atoms with Gasteiger partial charge in [-0.3, -0.25) is 0 Å². The van der Waals surface area contributed by atoms with E-state index in [1.54, 1.807) is 0 Å². The van der Waals surface area contributed by atoms with E-state index < -0.39 is 0 Å². The summed E-state index contributed by atoms with van der Waals surface area (Å²) in [4.78, 5) is 0. The van der Waals surface area contributed by atoms with Gasteiger partial charge in [-0.2, -0.15) is 0 Å². The second-order valence-corrected chi connectivity index (χ2v) is 4.05. The summed E-state index contributed by atoms with van der Waals surface area (Å²) in [7, 11) is 0. The van der Waals surface area contributed by atoms with E-state index in [9.17, 15) is 0 Å². The first kappa shape index (κ1) is 12.0. The van der Waals surface area contributed by atoms with Crippen LogP contribution < -0.4 is 5.73 Å². The smallest absolute Gasteiger partial charge is 0.168 e. The Labute approximate surface area is 91.9 Å². The number of anilines is 1. The first-order chi connectivity index (χ1) is 7.25. The molecule has 0 amide bonds. The van der Waals surface area contributed by atoms with E-state index in [1.807, 2.05) is 11.6 Å². The molecule has 0 aliphatic heterocycles. The lowest BCUT2D eigenvalue weighted by Crippen LogP contribution is -2.03. The maximum absolute atomic E-state index is 5.62. The zero-order valence-corrected chi connectivity index (χ0v) is 9.87. The topological polar surface area (TPSA) is 56.7 Å². The van der Waals surface area contributed by atoms with Crippen molar-refractivity contribution < 1.29 is 0 Å². The number of unbranched alkanes of at least 4 members (excludes halogenated alkanes) is 5. The van der Waals surface area contributed by atoms with Crippen molar-refractivity contribution in [2.75, 3.05) is 5.73 Å². The Hall–Kier alpha value is -1.06. The summed E-state index contributed by atoms with van der Waals surface area (Å²) in [6.07, 6.45) is 7.80. The van der Waals surface area contributed by atoms with Crippen molar-refractivity contribution in [3.05, 3.63) is 5.69 Å². The minimum absolute atomic E-state index is 0.556. The standard InChI is InChI=1S/C11H22N4/c1-3-4-5-6-7-8-9-15-10(2)11(12)13-14-15/h3-9,12H2,1-2H3. The van der Waals surface area contributed by atoms with Crippen LogP contribution in [0.3, 0.4) is 0 Å². The first-order valence-electron chi connectivity index (χ1n) is 5.91. The number of aromatic nitrogens is 3. The van der Waals surface area contributed by atoms with Gasteiger partial charge in [0.1, 0.15) is 0 Å². The summed E-state index contributed by atoms with van der Waals surface area (Å²) in [5.41, 5.74) is 6.61. The molecule has 0 bridgehead atoms. The molecule has 0 spiro atoms. The Morgan fingerprint density at radius 2 is 1.80 bits per heavy atom. The van der Waals surface area contributed by atoms with Gasteiger partial charge in [0, 0.05) is 6.54 Å². The average molecular weight is 210 g/mol. The fourth-order valence-corrected chi connectivity index (χ4v) is 1.63. The average Bonchev–Trinajstić information content (AvgIpc) is 2.54. The third-order valence-electron chi connectivity index (χ3n) is 2.74. The molecular formula is C11H22N4. The fraction of sp³-hybridized carbons (Fsp3) is 0.818. The second-order valence-electron chi connectivity index (χ2n) is 4.05. The van der Waals surface area contributed by atoms with Crippen molar-refractivity contribution in [1.82, 2.24) is 15.0 Å². The Morgan fingerprint density at radius 3 is 2.40 bits per heavy atom. The van der Waals surface area contributed by atoms with Crippen molar-refractivity contribution in [3.63, 3.8) is 0 Å². The van der Waals surface area contributed by atoms with E-state index in [-0.39, 0.29) is 0 Å². The molecule has 1 aromatic heterocycles. The zero-order chi connectivity index (χ0) is 11.1. The van der Waals surface area contributed by atoms with E-state index in [0.717, 1.165) is 12.2 Å². The molecule has 1 aromatic rings. The van der Waals surface area contributed by atoms with Gasteiger partial charge >= 0.3 is 0 Å². The maximum atomic E-state index is 5.62. The van der Waals surface area contributed by atoms with E-state index in [1.165, 1.54) is 38.5 Å². The lowest BCUT2D eigenvalue weighted by Gasteiger charge is -2.03. The van der Waals surface area contributed by atoms with Crippen LogP contribution in [0.1, 0.15) is 51.1 Å². The van der Waals surface area contributed by atoms with E-state index >= 15 is 0 Å². The number of nitrogens with two attached hydrogens (primary N) is 1. The molecule has 1 heterocycles. The highest BCUT2D eigenvalue weighted by molar-refractivity contribution is 5.31. The predicted molar refractivity (Wildman–Crippen MR) is 62.5 cm³/mol. The minimum atomic E-state index is 0.556. The number of nitrogens with zero attached hydrogens (tertiary/aromatic N) is 3. The van der Waals surface area contributed by atoms with Gasteiger partial charge in [0.15, 0.2) is 5.82 Å². The highest BCUT2D eigenvalue weighted by Gasteiger charge is 2.03. The molecule has 0 saturated carbocycles. The van der Waals surface area contributed by atoms with Gasteiger partial charge in [-0.15, -0.1) is 5.10 Å². The van der Waals surface area contributed by atoms with Gasteiger partial charge in [0.05, 0.1) is 5.69 Å². The Morgan fingerprint density at radius 1 is 1.13 bits per heavy atom. The Balaban J connectivity index is 2.12. The number of aryl methyl sites for hydroxylation is 1. The van der Waals surface area contributed by atoms with Crippen molar-refractivity contribution >= 4 is 5.82 Å². The molecule has 4 nitrogen and oxygen atoms in total. The van der Waals surface area contributed by atoms with Crippen molar-refractivity contribution in [1.29, 1.82) is 0 Å². The number of nitrogen functional groups attached to an aromatic ring is 1. The van der Waals surface area contributed by atoms with Crippen LogP contribution >= 0.6 is 0 Å². The molecule has 4 heteroatoms. The van der Waals surface area contributed by atoms with Crippen molar-refractivity contribution in [2.45, 2.75) is 58.9 Å². The normalized spacial score (nSPS) is 10.8. The molecule has 15 heavy (non-hydrogen) atoms. The van der Waals surface area contributed by atoms with Crippen LogP contribution in [0.2, 0.25) is 0 Å². The van der Waals surface area contributed by atoms with Crippen LogP contribution in [-0.2, 0) is 6.54 Å². The maximum Gasteiger partial charge on any atom is 0.168 e. The molecule has 0 radical (unpaired) electrons. The molecular weight excluding hydrogens is 188 g/mol. The fourth-order valence-electron chi connectivity index (χ4n) is 1.63. The molecule has 0 fully saturated rings. The van der Waals surface area contributed by atoms with Crippen LogP contribution in [0.15, 0.2) is 0 Å². The van der Waals surface area contributed by atoms with Gasteiger partial charge in [0.25, 0.3) is 0 Å². The van der Waals surface area contributed by atoms with Gasteiger partial charge in [0.2, 0.25) is 0 Å². The van der Waals surface area contributed by atoms with Crippen LogP contribution in [0, 0.1) is 6.92 Å². The number of hydrogen-bond donors (Lipinski definition) is 1. The first-order valence-corrected chi connectivity index (χ1v) is 5.91. The van der Waals surface area contributed by atoms with Crippen LogP contribution in [0.4, 0.5) is 5.82 Å². The van der Waals surface area contributed by atoms with Crippen molar-refractivity contribution in [2.24, 2.45) is 0 Å². The summed E-state index contributed by atoms with van der Waals surface area (Å²) < 4.78 is 1.90. The molecule has 0 saturated heterocycles. The van der Waals surface area contributed by atoms with Crippen molar-refractivity contribution in [3.8, 4) is 0 Å². The van der Waals surface area contributed by atoms with Gasteiger partial charge in [-0.25, -0.2) is 4.68 Å². The van der Waals surface area contributed by atoms with Gasteiger partial charge in [-0.05, 0) is 13.3 Å². The monoisotopic (exact) mass is 210 g/mol. The number of rotatable bonds is 7. The molecule has 0 aliphatic rings. The van der Waals surface area contributed by atoms with Crippen LogP contribution in [0.25, 0.3) is 0 Å². The largest absolute Gasteiger partial charge is 0.381 e. The molecule has 0 aliphatic carbocycles. The summed E-state index contributed by atoms with van der Waals surface area (Å²) in [6, 6.07) is 0. The Kier molecular flexibility index (Phi) is 5.15. The molecule has 1 rings (SSSR count). The van der Waals surface area contributed by atoms with Gasteiger partial charge < -0.3 is 5.73 Å². The minimum Gasteiger partial charge on any atom is -0.381 e. The van der Waals surface area contributed by atoms with Crippen LogP contribution in [0.5, 0.6) is 0 Å². The lowest BCUT2D eigenvalue weighted by molar-refractivity contribution is 0.509. The van der Waals surface area contributed by atoms with Crippen LogP contribution in [-0.4, -0.2) is 15.0 Å². The molecule has 0 aromatic carbocycles. The molecule has 86 valence electrons. The SMILES string of the molecule is CCCCCCCCn1nnc(N)c1C. The second kappa shape index (κ2) is 6.43. The van der Waals surface area contributed by atoms with E-state index in [4.69, 9.17) is 5.73 Å². The third kappa shape index (κ3) is 3.90. The summed E-state index contributed by atoms with van der Waals surface area (Å²) >= 11 is 0. The lowest BCUT2D eigenvalue weighted by atomic mass is 10.1. The quantitative estimate of drug-likeness (QED) is 0.703. The predicted octanol–water partition coefficient (Wildman–Crippen LogP) is 2.53. The summed E-state index contributed by atoms with van der Waals surface area (Å²) in [6.45, 7) is 5.15. The summed E-state index contributed by atoms with van der Waals surface area (Å²) in [5, 5.41) is 7.83. The number of hydrogen-bond acceptors (Lipinski definition) is 3. The molecule has 0 atom stereocenters. The third-order valence-corrected chi connectivity index (χ3v) is 2.74. The zero-order valence-electron chi connectivity index (χ0n) is 9.87. The highest BCUT2D eigenvalue weighted by Crippen LogP contribution is 2.09. The van der Waals surface area contributed by atoms with Gasteiger partial charge in [-0.1, -0.05) is 44.2 Å². The summed E-state index contributed by atoms with van der Waals surface area (Å²) in [5.74, 6) is 0.556. The van der Waals surface area contributed by atoms with E-state index in [0.29, 0.717) is 5.82 Å². The molecule has 0 unspecified atom stereocenters. The molecule has 2 N–H and O–H groups in total.